The molecular formula is C25H22F3N7O3. The molecule has 38 heavy (non-hydrogen) atoms. The lowest BCUT2D eigenvalue weighted by atomic mass is 10.1. The van der Waals surface area contributed by atoms with Gasteiger partial charge in [-0.25, -0.2) is 9.97 Å². The minimum Gasteiger partial charge on any atom is -0.484 e. The molecule has 0 saturated carbocycles. The Morgan fingerprint density at radius 3 is 2.34 bits per heavy atom. The quantitative estimate of drug-likeness (QED) is 0.358. The zero-order valence-electron chi connectivity index (χ0n) is 20.0. The van der Waals surface area contributed by atoms with Gasteiger partial charge in [-0.2, -0.15) is 18.2 Å². The summed E-state index contributed by atoms with van der Waals surface area (Å²) in [6.07, 6.45) is 0.267. The summed E-state index contributed by atoms with van der Waals surface area (Å²) in [6, 6.07) is 11.6. The summed E-state index contributed by atoms with van der Waals surface area (Å²) in [6.45, 7) is 1.71. The van der Waals surface area contributed by atoms with E-state index in [1.54, 1.807) is 47.6 Å². The van der Waals surface area contributed by atoms with Gasteiger partial charge < -0.3 is 14.2 Å². The van der Waals surface area contributed by atoms with E-state index in [0.717, 1.165) is 5.56 Å². The first kappa shape index (κ1) is 25.3. The average molecular weight is 525 g/mol. The molecule has 1 aliphatic rings. The molecule has 10 nitrogen and oxygen atoms in total. The van der Waals surface area contributed by atoms with Gasteiger partial charge in [-0.3, -0.25) is 14.7 Å². The van der Waals surface area contributed by atoms with Crippen molar-refractivity contribution in [3.05, 3.63) is 72.2 Å². The second kappa shape index (κ2) is 10.9. The molecule has 3 aromatic heterocycles. The maximum Gasteiger partial charge on any atom is 0.422 e. The molecule has 0 atom stereocenters. The van der Waals surface area contributed by atoms with Crippen LogP contribution in [-0.4, -0.2) is 79.8 Å². The van der Waals surface area contributed by atoms with Crippen LogP contribution in [-0.2, 0) is 6.54 Å². The van der Waals surface area contributed by atoms with Crippen LogP contribution in [0, 0.1) is 0 Å². The van der Waals surface area contributed by atoms with Gasteiger partial charge in [0.25, 0.3) is 11.8 Å². The van der Waals surface area contributed by atoms with E-state index in [4.69, 9.17) is 9.26 Å². The number of hydrogen-bond donors (Lipinski definition) is 0. The number of carbonyl (C=O) groups is 1. The fourth-order valence-corrected chi connectivity index (χ4v) is 3.89. The third-order valence-corrected chi connectivity index (χ3v) is 5.81. The van der Waals surface area contributed by atoms with Crippen molar-refractivity contribution in [1.29, 1.82) is 0 Å². The molecule has 0 bridgehead atoms. The summed E-state index contributed by atoms with van der Waals surface area (Å²) < 4.78 is 46.9. The Morgan fingerprint density at radius 2 is 1.68 bits per heavy atom. The molecule has 1 aromatic carbocycles. The van der Waals surface area contributed by atoms with E-state index in [1.807, 2.05) is 0 Å². The van der Waals surface area contributed by atoms with Crippen LogP contribution in [0.5, 0.6) is 5.75 Å². The van der Waals surface area contributed by atoms with Crippen molar-refractivity contribution in [1.82, 2.24) is 34.9 Å². The van der Waals surface area contributed by atoms with Crippen molar-refractivity contribution in [2.45, 2.75) is 12.7 Å². The van der Waals surface area contributed by atoms with Gasteiger partial charge in [0.05, 0.1) is 5.56 Å². The van der Waals surface area contributed by atoms with Crippen LogP contribution in [0.3, 0.4) is 0 Å². The maximum absolute atomic E-state index is 13.0. The van der Waals surface area contributed by atoms with Gasteiger partial charge in [-0.1, -0.05) is 17.3 Å². The molecule has 196 valence electrons. The van der Waals surface area contributed by atoms with Gasteiger partial charge in [0.1, 0.15) is 11.4 Å². The highest BCUT2D eigenvalue weighted by atomic mass is 19.4. The number of pyridine rings is 1. The average Bonchev–Trinajstić information content (AvgIpc) is 3.43. The molecule has 4 aromatic rings. The molecule has 1 aliphatic heterocycles. The van der Waals surface area contributed by atoms with Crippen molar-refractivity contribution in [2.75, 3.05) is 32.8 Å². The van der Waals surface area contributed by atoms with Crippen LogP contribution >= 0.6 is 0 Å². The fourth-order valence-electron chi connectivity index (χ4n) is 3.89. The van der Waals surface area contributed by atoms with Crippen LogP contribution in [0.15, 0.2) is 65.6 Å². The van der Waals surface area contributed by atoms with E-state index >= 15 is 0 Å². The van der Waals surface area contributed by atoms with Crippen LogP contribution in [0.4, 0.5) is 13.2 Å². The van der Waals surface area contributed by atoms with Crippen molar-refractivity contribution in [3.63, 3.8) is 0 Å². The third kappa shape index (κ3) is 6.29. The number of halogens is 3. The zero-order chi connectivity index (χ0) is 26.5. The minimum absolute atomic E-state index is 0.126. The molecule has 0 N–H and O–H groups in total. The van der Waals surface area contributed by atoms with E-state index < -0.39 is 12.8 Å². The molecule has 0 radical (unpaired) electrons. The van der Waals surface area contributed by atoms with Crippen LogP contribution in [0.25, 0.3) is 23.2 Å². The summed E-state index contributed by atoms with van der Waals surface area (Å²) in [5.41, 5.74) is 1.82. The van der Waals surface area contributed by atoms with Crippen LogP contribution in [0.2, 0.25) is 0 Å². The molecule has 4 heterocycles. The Balaban J connectivity index is 1.12. The standard InChI is InChI=1S/C25H22F3N7O3/c26-25(27,28)16-37-19-5-2-17(3-6-19)15-34-10-12-35(13-11-34)24(36)18-4-7-20(31-14-18)23-32-22(33-38-23)21-29-8-1-9-30-21/h1-9,14H,10-13,15-16H2. The van der Waals surface area contributed by atoms with Crippen LogP contribution in [0.1, 0.15) is 15.9 Å². The number of alkyl halides is 3. The van der Waals surface area contributed by atoms with Crippen molar-refractivity contribution in [2.24, 2.45) is 0 Å². The number of benzene rings is 1. The van der Waals surface area contributed by atoms with Gasteiger partial charge in [-0.05, 0) is 35.9 Å². The van der Waals surface area contributed by atoms with Gasteiger partial charge in [0.15, 0.2) is 6.61 Å². The number of amides is 1. The highest BCUT2D eigenvalue weighted by Crippen LogP contribution is 2.21. The van der Waals surface area contributed by atoms with Gasteiger partial charge in [0, 0.05) is 51.3 Å². The number of piperazine rings is 1. The molecule has 0 unspecified atom stereocenters. The molecule has 13 heteroatoms. The molecule has 0 spiro atoms. The van der Waals surface area contributed by atoms with E-state index in [9.17, 15) is 18.0 Å². The number of hydrogen-bond acceptors (Lipinski definition) is 9. The molecule has 1 amide bonds. The monoisotopic (exact) mass is 525 g/mol. The fraction of sp³-hybridized carbons (Fsp3) is 0.280. The second-order valence-corrected chi connectivity index (χ2v) is 8.54. The first-order chi connectivity index (χ1) is 18.3. The Morgan fingerprint density at radius 1 is 0.947 bits per heavy atom. The van der Waals surface area contributed by atoms with E-state index in [-0.39, 0.29) is 23.4 Å². The largest absolute Gasteiger partial charge is 0.484 e. The van der Waals surface area contributed by atoms with Crippen molar-refractivity contribution >= 4 is 5.91 Å². The number of rotatable bonds is 7. The topological polar surface area (TPSA) is 110 Å². The molecule has 5 rings (SSSR count). The lowest BCUT2D eigenvalue weighted by Crippen LogP contribution is -2.48. The molecular weight excluding hydrogens is 503 g/mol. The summed E-state index contributed by atoms with van der Waals surface area (Å²) in [5.74, 6) is 0.816. The number of carbonyl (C=O) groups excluding carboxylic acids is 1. The van der Waals surface area contributed by atoms with Gasteiger partial charge in [0.2, 0.25) is 11.6 Å². The van der Waals surface area contributed by atoms with Crippen molar-refractivity contribution in [3.8, 4) is 29.0 Å². The lowest BCUT2D eigenvalue weighted by molar-refractivity contribution is -0.153. The summed E-state index contributed by atoms with van der Waals surface area (Å²) >= 11 is 0. The van der Waals surface area contributed by atoms with Gasteiger partial charge in [-0.15, -0.1) is 0 Å². The van der Waals surface area contributed by atoms with Crippen LogP contribution < -0.4 is 4.74 Å². The zero-order valence-corrected chi connectivity index (χ0v) is 20.0. The van der Waals surface area contributed by atoms with E-state index in [1.165, 1.54) is 18.3 Å². The SMILES string of the molecule is O=C(c1ccc(-c2nc(-c3ncccn3)no2)nc1)N1CCN(Cc2ccc(OCC(F)(F)F)cc2)CC1. The predicted molar refractivity (Wildman–Crippen MR) is 128 cm³/mol. The molecule has 1 fully saturated rings. The predicted octanol–water partition coefficient (Wildman–Crippen LogP) is 3.49. The Labute approximate surface area is 215 Å². The highest BCUT2D eigenvalue weighted by molar-refractivity contribution is 5.94. The first-order valence-corrected chi connectivity index (χ1v) is 11.7. The normalized spacial score (nSPS) is 14.4. The van der Waals surface area contributed by atoms with Gasteiger partial charge >= 0.3 is 6.18 Å². The Hall–Kier alpha value is -4.39. The Kier molecular flexibility index (Phi) is 7.26. The third-order valence-electron chi connectivity index (χ3n) is 5.81. The lowest BCUT2D eigenvalue weighted by Gasteiger charge is -2.34. The summed E-state index contributed by atoms with van der Waals surface area (Å²) in [4.78, 5) is 33.7. The second-order valence-electron chi connectivity index (χ2n) is 8.54. The summed E-state index contributed by atoms with van der Waals surface area (Å²) in [7, 11) is 0. The number of nitrogens with zero attached hydrogens (tertiary/aromatic N) is 7. The van der Waals surface area contributed by atoms with Crippen molar-refractivity contribution < 1.29 is 27.2 Å². The van der Waals surface area contributed by atoms with E-state index in [2.05, 4.69) is 30.0 Å². The maximum atomic E-state index is 13.0. The minimum atomic E-state index is -4.37. The number of ether oxygens (including phenoxy) is 1. The highest BCUT2D eigenvalue weighted by Gasteiger charge is 2.28. The number of aromatic nitrogens is 5. The summed E-state index contributed by atoms with van der Waals surface area (Å²) in [5, 5.41) is 3.87. The molecule has 1 saturated heterocycles. The van der Waals surface area contributed by atoms with E-state index in [0.29, 0.717) is 49.8 Å². The molecule has 0 aliphatic carbocycles. The first-order valence-electron chi connectivity index (χ1n) is 11.7. The smallest absolute Gasteiger partial charge is 0.422 e. The Bertz CT molecular complexity index is 1360.